The smallest absolute Gasteiger partial charge is 0.408 e. The van der Waals surface area contributed by atoms with E-state index in [1.807, 2.05) is 60.7 Å². The van der Waals surface area contributed by atoms with Crippen molar-refractivity contribution in [3.8, 4) is 0 Å². The fraction of sp³-hybridized carbons (Fsp3) is 0.357. The van der Waals surface area contributed by atoms with Crippen LogP contribution in [0.15, 0.2) is 73.2 Å². The lowest BCUT2D eigenvalue weighted by Crippen LogP contribution is -2.55. The molecule has 0 fully saturated rings. The number of imidazole rings is 1. The average Bonchev–Trinajstić information content (AvgIpc) is 3.37. The third kappa shape index (κ3) is 9.79. The largest absolute Gasteiger partial charge is 0.444 e. The van der Waals surface area contributed by atoms with Gasteiger partial charge >= 0.3 is 6.09 Å². The highest BCUT2D eigenvalue weighted by Gasteiger charge is 2.29. The topological polar surface area (TPSA) is 125 Å². The van der Waals surface area contributed by atoms with Crippen molar-refractivity contribution in [2.45, 2.75) is 57.7 Å². The molecule has 9 nitrogen and oxygen atoms in total. The fourth-order valence-corrected chi connectivity index (χ4v) is 3.71. The van der Waals surface area contributed by atoms with Crippen molar-refractivity contribution in [3.05, 3.63) is 90.0 Å². The zero-order chi connectivity index (χ0) is 26.7. The molecule has 0 unspecified atom stereocenters. The Kier molecular flexibility index (Phi) is 9.83. The molecule has 9 heteroatoms. The van der Waals surface area contributed by atoms with E-state index >= 15 is 0 Å². The molecule has 1 heterocycles. The Morgan fingerprint density at radius 3 is 1.95 bits per heavy atom. The first kappa shape index (κ1) is 27.4. The van der Waals surface area contributed by atoms with Gasteiger partial charge in [0.2, 0.25) is 11.8 Å². The van der Waals surface area contributed by atoms with Crippen LogP contribution in [0.1, 0.15) is 37.6 Å². The molecule has 1 aromatic heterocycles. The van der Waals surface area contributed by atoms with Gasteiger partial charge < -0.3 is 25.7 Å². The molecule has 37 heavy (non-hydrogen) atoms. The number of H-pyrrole nitrogens is 1. The van der Waals surface area contributed by atoms with Crippen LogP contribution in [-0.4, -0.2) is 52.1 Å². The van der Waals surface area contributed by atoms with E-state index < -0.39 is 29.7 Å². The number of carbonyl (C=O) groups is 3. The van der Waals surface area contributed by atoms with Crippen molar-refractivity contribution in [2.75, 3.05) is 6.54 Å². The number of carbonyl (C=O) groups excluding carboxylic acids is 3. The number of amides is 3. The predicted octanol–water partition coefficient (Wildman–Crippen LogP) is 2.93. The van der Waals surface area contributed by atoms with Gasteiger partial charge in [0.1, 0.15) is 17.7 Å². The summed E-state index contributed by atoms with van der Waals surface area (Å²) in [5.74, 6) is -0.785. The van der Waals surface area contributed by atoms with Gasteiger partial charge in [0, 0.05) is 37.7 Å². The Hall–Kier alpha value is -4.14. The molecule has 3 amide bonds. The van der Waals surface area contributed by atoms with Crippen LogP contribution in [0.3, 0.4) is 0 Å². The average molecular weight is 506 g/mol. The van der Waals surface area contributed by atoms with Crippen LogP contribution >= 0.6 is 0 Å². The Balaban J connectivity index is 1.73. The van der Waals surface area contributed by atoms with Crippen molar-refractivity contribution in [1.82, 2.24) is 25.9 Å². The number of aromatic nitrogens is 2. The maximum absolute atomic E-state index is 13.4. The number of rotatable bonds is 11. The monoisotopic (exact) mass is 505 g/mol. The van der Waals surface area contributed by atoms with Crippen molar-refractivity contribution in [1.29, 1.82) is 0 Å². The molecule has 0 aliphatic heterocycles. The third-order valence-electron chi connectivity index (χ3n) is 5.45. The van der Waals surface area contributed by atoms with Crippen molar-refractivity contribution < 1.29 is 19.1 Å². The summed E-state index contributed by atoms with van der Waals surface area (Å²) >= 11 is 0. The second-order valence-electron chi connectivity index (χ2n) is 9.76. The van der Waals surface area contributed by atoms with Crippen LogP contribution in [-0.2, 0) is 33.6 Å². The quantitative estimate of drug-likeness (QED) is 0.319. The van der Waals surface area contributed by atoms with Crippen molar-refractivity contribution in [2.24, 2.45) is 0 Å². The molecule has 0 bridgehead atoms. The number of benzene rings is 2. The minimum absolute atomic E-state index is 0.241. The van der Waals surface area contributed by atoms with Crippen LogP contribution in [0.5, 0.6) is 0 Å². The molecule has 0 radical (unpaired) electrons. The molecule has 2 aromatic carbocycles. The number of hydrogen-bond acceptors (Lipinski definition) is 5. The molecule has 0 spiro atoms. The van der Waals surface area contributed by atoms with Gasteiger partial charge in [0.15, 0.2) is 0 Å². The van der Waals surface area contributed by atoms with Gasteiger partial charge in [-0.25, -0.2) is 9.78 Å². The lowest BCUT2D eigenvalue weighted by Gasteiger charge is -2.25. The SMILES string of the molecule is CC(C)(C)OC(=O)N[C@@H](Cc1ccccc1)C(=O)N[C@@H](Cc1ccccc1)C(=O)NCCc1cnc[nH]1. The standard InChI is InChI=1S/C28H35N5O4/c1-28(2,3)37-27(36)33-24(17-21-12-8-5-9-13-21)26(35)32-23(16-20-10-6-4-7-11-20)25(34)30-15-14-22-18-29-19-31-22/h4-13,18-19,23-24H,14-17H2,1-3H3,(H,29,31)(H,30,34)(H,32,35)(H,33,36)/t23-,24-/m0/s1. The Morgan fingerprint density at radius 2 is 1.43 bits per heavy atom. The molecule has 0 saturated heterocycles. The maximum Gasteiger partial charge on any atom is 0.408 e. The van der Waals surface area contributed by atoms with Crippen LogP contribution in [0.4, 0.5) is 4.79 Å². The van der Waals surface area contributed by atoms with Gasteiger partial charge in [-0.15, -0.1) is 0 Å². The molecule has 3 rings (SSSR count). The van der Waals surface area contributed by atoms with Crippen molar-refractivity contribution >= 4 is 17.9 Å². The minimum Gasteiger partial charge on any atom is -0.444 e. The molecule has 196 valence electrons. The van der Waals surface area contributed by atoms with Crippen LogP contribution in [0, 0.1) is 0 Å². The fourth-order valence-electron chi connectivity index (χ4n) is 3.71. The molecule has 0 aliphatic rings. The van der Waals surface area contributed by atoms with Gasteiger partial charge in [-0.1, -0.05) is 60.7 Å². The summed E-state index contributed by atoms with van der Waals surface area (Å²) < 4.78 is 5.38. The molecule has 4 N–H and O–H groups in total. The lowest BCUT2D eigenvalue weighted by molar-refractivity contribution is -0.130. The van der Waals surface area contributed by atoms with E-state index in [0.717, 1.165) is 16.8 Å². The normalized spacial score (nSPS) is 12.7. The summed E-state index contributed by atoms with van der Waals surface area (Å²) in [5, 5.41) is 8.43. The third-order valence-corrected chi connectivity index (χ3v) is 5.45. The zero-order valence-electron chi connectivity index (χ0n) is 21.5. The van der Waals surface area contributed by atoms with E-state index in [1.165, 1.54) is 0 Å². The number of ether oxygens (including phenoxy) is 1. The molecule has 2 atom stereocenters. The molecule has 3 aromatic rings. The predicted molar refractivity (Wildman–Crippen MR) is 141 cm³/mol. The first-order chi connectivity index (χ1) is 17.7. The summed E-state index contributed by atoms with van der Waals surface area (Å²) in [6.07, 6.45) is 3.70. The molecule has 0 aliphatic carbocycles. The zero-order valence-corrected chi connectivity index (χ0v) is 21.5. The highest BCUT2D eigenvalue weighted by Crippen LogP contribution is 2.10. The first-order valence-corrected chi connectivity index (χ1v) is 12.3. The summed E-state index contributed by atoms with van der Waals surface area (Å²) in [6, 6.07) is 17.0. The Morgan fingerprint density at radius 1 is 0.865 bits per heavy atom. The Bertz CT molecular complexity index is 1130. The van der Waals surface area contributed by atoms with Gasteiger partial charge in [-0.05, 0) is 31.9 Å². The van der Waals surface area contributed by atoms with Gasteiger partial charge in [-0.3, -0.25) is 9.59 Å². The minimum atomic E-state index is -0.937. The summed E-state index contributed by atoms with van der Waals surface area (Å²) in [4.78, 5) is 46.1. The van der Waals surface area contributed by atoms with Crippen LogP contribution in [0.25, 0.3) is 0 Å². The summed E-state index contributed by atoms with van der Waals surface area (Å²) in [6.45, 7) is 5.64. The van der Waals surface area contributed by atoms with E-state index in [0.29, 0.717) is 19.4 Å². The maximum atomic E-state index is 13.4. The second-order valence-corrected chi connectivity index (χ2v) is 9.76. The van der Waals surface area contributed by atoms with Gasteiger partial charge in [-0.2, -0.15) is 0 Å². The van der Waals surface area contributed by atoms with E-state index in [2.05, 4.69) is 25.9 Å². The van der Waals surface area contributed by atoms with E-state index in [9.17, 15) is 14.4 Å². The van der Waals surface area contributed by atoms with Crippen molar-refractivity contribution in [3.63, 3.8) is 0 Å². The van der Waals surface area contributed by atoms with Gasteiger partial charge in [0.25, 0.3) is 0 Å². The highest BCUT2D eigenvalue weighted by atomic mass is 16.6. The second kappa shape index (κ2) is 13.2. The molecule has 0 saturated carbocycles. The van der Waals surface area contributed by atoms with E-state index in [-0.39, 0.29) is 12.3 Å². The summed E-state index contributed by atoms with van der Waals surface area (Å²) in [5.41, 5.74) is 1.94. The number of nitrogens with one attached hydrogen (secondary N) is 4. The molecular formula is C28H35N5O4. The van der Waals surface area contributed by atoms with E-state index in [1.54, 1.807) is 33.3 Å². The molecular weight excluding hydrogens is 470 g/mol. The number of hydrogen-bond donors (Lipinski definition) is 4. The first-order valence-electron chi connectivity index (χ1n) is 12.3. The Labute approximate surface area is 217 Å². The number of alkyl carbamates (subject to hydrolysis) is 1. The van der Waals surface area contributed by atoms with E-state index in [4.69, 9.17) is 4.74 Å². The summed E-state index contributed by atoms with van der Waals surface area (Å²) in [7, 11) is 0. The van der Waals surface area contributed by atoms with Crippen LogP contribution in [0.2, 0.25) is 0 Å². The number of nitrogens with zero attached hydrogens (tertiary/aromatic N) is 1. The van der Waals surface area contributed by atoms with Crippen LogP contribution < -0.4 is 16.0 Å². The van der Waals surface area contributed by atoms with Gasteiger partial charge in [0.05, 0.1) is 6.33 Å². The lowest BCUT2D eigenvalue weighted by atomic mass is 10.0. The number of aromatic amines is 1. The highest BCUT2D eigenvalue weighted by molar-refractivity contribution is 5.91.